The molecule has 0 aliphatic rings. The molecule has 112 valence electrons. The fourth-order valence-electron chi connectivity index (χ4n) is 1.67. The van der Waals surface area contributed by atoms with E-state index in [1.54, 1.807) is 6.92 Å². The summed E-state index contributed by atoms with van der Waals surface area (Å²) < 4.78 is 38.9. The highest BCUT2D eigenvalue weighted by molar-refractivity contribution is 7.89. The molecule has 0 atom stereocenters. The number of sulfonamides is 1. The fraction of sp³-hybridized carbons (Fsp3) is 0.417. The maximum atomic E-state index is 13.3. The van der Waals surface area contributed by atoms with E-state index in [9.17, 15) is 17.6 Å². The quantitative estimate of drug-likeness (QED) is 0.781. The molecular formula is C12H16FNO5S. The van der Waals surface area contributed by atoms with Crippen LogP contribution in [0.15, 0.2) is 23.1 Å². The summed E-state index contributed by atoms with van der Waals surface area (Å²) in [5.74, 6) is -2.52. The minimum atomic E-state index is -3.90. The Bertz CT molecular complexity index is 588. The zero-order valence-electron chi connectivity index (χ0n) is 10.9. The van der Waals surface area contributed by atoms with Gasteiger partial charge in [-0.25, -0.2) is 17.6 Å². The van der Waals surface area contributed by atoms with Crippen molar-refractivity contribution >= 4 is 16.0 Å². The lowest BCUT2D eigenvalue weighted by Gasteiger charge is -2.20. The predicted octanol–water partition coefficient (Wildman–Crippen LogP) is 0.917. The monoisotopic (exact) mass is 305 g/mol. The molecule has 0 unspecified atom stereocenters. The van der Waals surface area contributed by atoms with E-state index in [-0.39, 0.29) is 31.0 Å². The highest BCUT2D eigenvalue weighted by atomic mass is 32.2. The molecule has 8 heteroatoms. The summed E-state index contributed by atoms with van der Waals surface area (Å²) in [5.41, 5.74) is -0.690. The highest BCUT2D eigenvalue weighted by Crippen LogP contribution is 2.19. The van der Waals surface area contributed by atoms with Crippen LogP contribution < -0.4 is 0 Å². The summed E-state index contributed by atoms with van der Waals surface area (Å²) in [4.78, 5) is 10.5. The van der Waals surface area contributed by atoms with Gasteiger partial charge < -0.3 is 10.2 Å². The fourth-order valence-corrected chi connectivity index (χ4v) is 3.19. The van der Waals surface area contributed by atoms with Gasteiger partial charge in [0.15, 0.2) is 0 Å². The highest BCUT2D eigenvalue weighted by Gasteiger charge is 2.24. The Balaban J connectivity index is 3.20. The summed E-state index contributed by atoms with van der Waals surface area (Å²) in [6.07, 6.45) is 0.264. The number of nitrogens with zero attached hydrogens (tertiary/aromatic N) is 1. The molecule has 0 fully saturated rings. The van der Waals surface area contributed by atoms with E-state index in [0.29, 0.717) is 0 Å². The van der Waals surface area contributed by atoms with Crippen LogP contribution in [0, 0.1) is 5.82 Å². The van der Waals surface area contributed by atoms with Gasteiger partial charge in [0.2, 0.25) is 10.0 Å². The standard InChI is InChI=1S/C12H16FNO5S/c1-2-14(6-3-7-15)20(18,19)9-4-5-11(13)10(8-9)12(16)17/h4-5,8,15H,2-3,6-7H2,1H3,(H,16,17). The van der Waals surface area contributed by atoms with Gasteiger partial charge in [0.25, 0.3) is 0 Å². The molecule has 20 heavy (non-hydrogen) atoms. The lowest BCUT2D eigenvalue weighted by atomic mass is 10.2. The Labute approximate surface area is 116 Å². The van der Waals surface area contributed by atoms with Crippen LogP contribution in [0.1, 0.15) is 23.7 Å². The molecule has 2 N–H and O–H groups in total. The number of aliphatic hydroxyl groups is 1. The minimum Gasteiger partial charge on any atom is -0.478 e. The summed E-state index contributed by atoms with van der Waals surface area (Å²) >= 11 is 0. The number of rotatable bonds is 7. The lowest BCUT2D eigenvalue weighted by Crippen LogP contribution is -2.32. The average Bonchev–Trinajstić information content (AvgIpc) is 2.39. The molecule has 0 aliphatic carbocycles. The van der Waals surface area contributed by atoms with Gasteiger partial charge in [-0.1, -0.05) is 6.92 Å². The molecule has 0 heterocycles. The molecule has 0 saturated carbocycles. The number of benzene rings is 1. The second-order valence-corrected chi connectivity index (χ2v) is 5.96. The van der Waals surface area contributed by atoms with Crippen LogP contribution in [0.25, 0.3) is 0 Å². The first kappa shape index (κ1) is 16.5. The molecule has 0 spiro atoms. The summed E-state index contributed by atoms with van der Waals surface area (Å²) in [6.45, 7) is 1.74. The van der Waals surface area contributed by atoms with Crippen LogP contribution in [0.5, 0.6) is 0 Å². The molecule has 0 aliphatic heterocycles. The van der Waals surface area contributed by atoms with Gasteiger partial charge in [-0.3, -0.25) is 0 Å². The minimum absolute atomic E-state index is 0.106. The molecule has 0 amide bonds. The number of aliphatic hydroxyl groups excluding tert-OH is 1. The molecule has 1 aromatic rings. The van der Waals surface area contributed by atoms with E-state index in [1.165, 1.54) is 0 Å². The van der Waals surface area contributed by atoms with Crippen molar-refractivity contribution in [1.82, 2.24) is 4.31 Å². The van der Waals surface area contributed by atoms with Gasteiger partial charge in [-0.05, 0) is 24.6 Å². The second-order valence-electron chi connectivity index (χ2n) is 4.02. The van der Waals surface area contributed by atoms with E-state index < -0.39 is 27.4 Å². The number of carbonyl (C=O) groups is 1. The van der Waals surface area contributed by atoms with Gasteiger partial charge in [-0.15, -0.1) is 0 Å². The van der Waals surface area contributed by atoms with Crippen molar-refractivity contribution in [2.75, 3.05) is 19.7 Å². The van der Waals surface area contributed by atoms with Crippen LogP contribution in [-0.2, 0) is 10.0 Å². The third-order valence-electron chi connectivity index (χ3n) is 2.72. The third-order valence-corrected chi connectivity index (χ3v) is 4.69. The van der Waals surface area contributed by atoms with E-state index in [2.05, 4.69) is 0 Å². The van der Waals surface area contributed by atoms with Crippen LogP contribution in [0.3, 0.4) is 0 Å². The molecule has 0 radical (unpaired) electrons. The summed E-state index contributed by atoms with van der Waals surface area (Å²) in [6, 6.07) is 2.64. The van der Waals surface area contributed by atoms with Crippen LogP contribution in [-0.4, -0.2) is 48.6 Å². The smallest absolute Gasteiger partial charge is 0.338 e. The molecule has 6 nitrogen and oxygen atoms in total. The van der Waals surface area contributed by atoms with Gasteiger partial charge in [0.1, 0.15) is 5.82 Å². The van der Waals surface area contributed by atoms with E-state index in [1.807, 2.05) is 0 Å². The number of aromatic carboxylic acids is 1. The number of halogens is 1. The first-order chi connectivity index (χ1) is 9.34. The maximum Gasteiger partial charge on any atom is 0.338 e. The van der Waals surface area contributed by atoms with Crippen molar-refractivity contribution in [1.29, 1.82) is 0 Å². The molecular weight excluding hydrogens is 289 g/mol. The lowest BCUT2D eigenvalue weighted by molar-refractivity contribution is 0.0691. The van der Waals surface area contributed by atoms with E-state index >= 15 is 0 Å². The van der Waals surface area contributed by atoms with E-state index in [0.717, 1.165) is 22.5 Å². The van der Waals surface area contributed by atoms with Gasteiger partial charge in [-0.2, -0.15) is 4.31 Å². The van der Waals surface area contributed by atoms with Crippen molar-refractivity contribution in [2.24, 2.45) is 0 Å². The molecule has 1 rings (SSSR count). The second kappa shape index (κ2) is 6.78. The zero-order valence-corrected chi connectivity index (χ0v) is 11.7. The van der Waals surface area contributed by atoms with Crippen LogP contribution in [0.4, 0.5) is 4.39 Å². The van der Waals surface area contributed by atoms with Crippen molar-refractivity contribution in [3.05, 3.63) is 29.6 Å². The number of carboxylic acid groups (broad SMARTS) is 1. The average molecular weight is 305 g/mol. The maximum absolute atomic E-state index is 13.3. The topological polar surface area (TPSA) is 94.9 Å². The SMILES string of the molecule is CCN(CCCO)S(=O)(=O)c1ccc(F)c(C(=O)O)c1. The Kier molecular flexibility index (Phi) is 5.61. The van der Waals surface area contributed by atoms with Crippen LogP contribution >= 0.6 is 0 Å². The molecule has 1 aromatic carbocycles. The summed E-state index contributed by atoms with van der Waals surface area (Å²) in [7, 11) is -3.90. The van der Waals surface area contributed by atoms with Gasteiger partial charge in [0.05, 0.1) is 10.5 Å². The van der Waals surface area contributed by atoms with Gasteiger partial charge >= 0.3 is 5.97 Å². The van der Waals surface area contributed by atoms with Crippen molar-refractivity contribution in [2.45, 2.75) is 18.2 Å². The van der Waals surface area contributed by atoms with Crippen molar-refractivity contribution in [3.8, 4) is 0 Å². The van der Waals surface area contributed by atoms with Crippen molar-refractivity contribution < 1.29 is 27.8 Å². The molecule has 0 saturated heterocycles. The van der Waals surface area contributed by atoms with Gasteiger partial charge in [0, 0.05) is 19.7 Å². The predicted molar refractivity (Wildman–Crippen MR) is 69.5 cm³/mol. The third kappa shape index (κ3) is 3.53. The van der Waals surface area contributed by atoms with E-state index in [4.69, 9.17) is 10.2 Å². The zero-order chi connectivity index (χ0) is 15.3. The number of hydrogen-bond donors (Lipinski definition) is 2. The Morgan fingerprint density at radius 1 is 1.40 bits per heavy atom. The molecule has 0 aromatic heterocycles. The summed E-state index contributed by atoms with van der Waals surface area (Å²) in [5, 5.41) is 17.6. The first-order valence-corrected chi connectivity index (χ1v) is 7.42. The Morgan fingerprint density at radius 3 is 2.55 bits per heavy atom. The molecule has 0 bridgehead atoms. The number of hydrogen-bond acceptors (Lipinski definition) is 4. The Hall–Kier alpha value is -1.51. The normalized spacial score (nSPS) is 11.8. The van der Waals surface area contributed by atoms with Crippen LogP contribution in [0.2, 0.25) is 0 Å². The first-order valence-electron chi connectivity index (χ1n) is 5.98. The Morgan fingerprint density at radius 2 is 2.05 bits per heavy atom. The largest absolute Gasteiger partial charge is 0.478 e. The van der Waals surface area contributed by atoms with Crippen molar-refractivity contribution in [3.63, 3.8) is 0 Å². The number of carboxylic acids is 1.